The molecular weight excluding hydrogens is 260 g/mol. The molecule has 0 aliphatic carbocycles. The van der Waals surface area contributed by atoms with Gasteiger partial charge in [-0.2, -0.15) is 5.26 Å². The molecule has 4 nitrogen and oxygen atoms in total. The Labute approximate surface area is 128 Å². The van der Waals surface area contributed by atoms with E-state index in [4.69, 9.17) is 0 Å². The molecule has 0 aromatic heterocycles. The van der Waals surface area contributed by atoms with E-state index in [1.807, 2.05) is 14.1 Å². The first kappa shape index (κ1) is 15.8. The van der Waals surface area contributed by atoms with Gasteiger partial charge in [0.15, 0.2) is 0 Å². The molecule has 1 saturated heterocycles. The van der Waals surface area contributed by atoms with Crippen LogP contribution in [0.25, 0.3) is 0 Å². The van der Waals surface area contributed by atoms with Gasteiger partial charge in [0.2, 0.25) is 0 Å². The largest absolute Gasteiger partial charge is 0.378 e. The van der Waals surface area contributed by atoms with E-state index in [-0.39, 0.29) is 0 Å². The lowest BCUT2D eigenvalue weighted by atomic mass is 9.91. The number of anilines is 1. The fourth-order valence-electron chi connectivity index (χ4n) is 2.83. The minimum absolute atomic E-state index is 0.416. The van der Waals surface area contributed by atoms with Crippen molar-refractivity contribution in [3.05, 3.63) is 29.8 Å². The van der Waals surface area contributed by atoms with E-state index in [1.54, 1.807) is 0 Å². The van der Waals surface area contributed by atoms with Gasteiger partial charge in [-0.25, -0.2) is 0 Å². The Morgan fingerprint density at radius 2 is 1.71 bits per heavy atom. The molecule has 1 aromatic carbocycles. The molecular formula is C17H26N4. The van der Waals surface area contributed by atoms with Crippen molar-refractivity contribution in [2.24, 2.45) is 0 Å². The van der Waals surface area contributed by atoms with Crippen LogP contribution < -0.4 is 4.90 Å². The highest BCUT2D eigenvalue weighted by Crippen LogP contribution is 2.23. The standard InChI is InChI=1S/C17H26N4/c1-17(14-18,21-11-9-20(4)10-12-21)13-15-5-7-16(8-6-15)19(2)3/h5-8H,9-13H2,1-4H3. The van der Waals surface area contributed by atoms with Crippen molar-refractivity contribution in [1.82, 2.24) is 9.80 Å². The van der Waals surface area contributed by atoms with Crippen molar-refractivity contribution in [3.8, 4) is 6.07 Å². The van der Waals surface area contributed by atoms with E-state index in [9.17, 15) is 5.26 Å². The number of hydrogen-bond donors (Lipinski definition) is 0. The molecule has 1 aliphatic heterocycles. The van der Waals surface area contributed by atoms with Crippen molar-refractivity contribution in [2.75, 3.05) is 52.2 Å². The molecule has 0 spiro atoms. The summed E-state index contributed by atoms with van der Waals surface area (Å²) in [5.41, 5.74) is 2.00. The summed E-state index contributed by atoms with van der Waals surface area (Å²) in [5.74, 6) is 0. The van der Waals surface area contributed by atoms with Crippen LogP contribution in [0.1, 0.15) is 12.5 Å². The monoisotopic (exact) mass is 286 g/mol. The molecule has 1 atom stereocenters. The summed E-state index contributed by atoms with van der Waals surface area (Å²) in [6.45, 7) is 6.08. The number of nitriles is 1. The molecule has 0 N–H and O–H groups in total. The van der Waals surface area contributed by atoms with Crippen molar-refractivity contribution in [2.45, 2.75) is 18.9 Å². The smallest absolute Gasteiger partial charge is 0.110 e. The van der Waals surface area contributed by atoms with Crippen molar-refractivity contribution in [3.63, 3.8) is 0 Å². The first-order chi connectivity index (χ1) is 9.94. The maximum atomic E-state index is 9.69. The Hall–Kier alpha value is -1.57. The van der Waals surface area contributed by atoms with Gasteiger partial charge in [-0.05, 0) is 31.7 Å². The Balaban J connectivity index is 2.09. The summed E-state index contributed by atoms with van der Waals surface area (Å²) in [6.07, 6.45) is 0.779. The maximum Gasteiger partial charge on any atom is 0.110 e. The zero-order valence-electron chi connectivity index (χ0n) is 13.6. The average Bonchev–Trinajstić information content (AvgIpc) is 2.48. The van der Waals surface area contributed by atoms with Crippen LogP contribution in [0.2, 0.25) is 0 Å². The molecule has 1 heterocycles. The third kappa shape index (κ3) is 3.75. The highest BCUT2D eigenvalue weighted by atomic mass is 15.3. The van der Waals surface area contributed by atoms with Crippen LogP contribution >= 0.6 is 0 Å². The highest BCUT2D eigenvalue weighted by molar-refractivity contribution is 5.46. The summed E-state index contributed by atoms with van der Waals surface area (Å²) in [6, 6.07) is 11.1. The second kappa shape index (κ2) is 6.46. The lowest BCUT2D eigenvalue weighted by Crippen LogP contribution is -2.55. The van der Waals surface area contributed by atoms with Gasteiger partial charge in [0.1, 0.15) is 5.54 Å². The lowest BCUT2D eigenvalue weighted by Gasteiger charge is -2.41. The second-order valence-electron chi connectivity index (χ2n) is 6.41. The predicted molar refractivity (Wildman–Crippen MR) is 87.6 cm³/mol. The van der Waals surface area contributed by atoms with E-state index in [1.165, 1.54) is 11.3 Å². The first-order valence-electron chi connectivity index (χ1n) is 7.56. The van der Waals surface area contributed by atoms with Crippen LogP contribution in [0.3, 0.4) is 0 Å². The van der Waals surface area contributed by atoms with Crippen LogP contribution in [0.4, 0.5) is 5.69 Å². The van der Waals surface area contributed by atoms with Gasteiger partial charge in [-0.15, -0.1) is 0 Å². The zero-order chi connectivity index (χ0) is 15.5. The number of piperazine rings is 1. The van der Waals surface area contributed by atoms with Crippen molar-refractivity contribution < 1.29 is 0 Å². The SMILES string of the molecule is CN1CCN(C(C)(C#N)Cc2ccc(N(C)C)cc2)CC1. The fraction of sp³-hybridized carbons (Fsp3) is 0.588. The van der Waals surface area contributed by atoms with Gasteiger partial charge in [0, 0.05) is 52.4 Å². The zero-order valence-corrected chi connectivity index (χ0v) is 13.6. The van der Waals surface area contributed by atoms with E-state index < -0.39 is 5.54 Å². The second-order valence-corrected chi connectivity index (χ2v) is 6.41. The molecule has 1 aliphatic rings. The third-order valence-corrected chi connectivity index (χ3v) is 4.44. The number of rotatable bonds is 4. The van der Waals surface area contributed by atoms with E-state index >= 15 is 0 Å². The molecule has 0 saturated carbocycles. The average molecular weight is 286 g/mol. The maximum absolute atomic E-state index is 9.69. The summed E-state index contributed by atoms with van der Waals surface area (Å²) in [5, 5.41) is 9.69. The molecule has 1 unspecified atom stereocenters. The Morgan fingerprint density at radius 3 is 2.19 bits per heavy atom. The molecule has 2 rings (SSSR count). The van der Waals surface area contributed by atoms with E-state index in [0.717, 1.165) is 32.6 Å². The Kier molecular flexibility index (Phi) is 4.87. The Morgan fingerprint density at radius 1 is 1.14 bits per heavy atom. The van der Waals surface area contributed by atoms with Gasteiger partial charge in [-0.3, -0.25) is 4.90 Å². The van der Waals surface area contributed by atoms with E-state index in [2.05, 4.69) is 59.0 Å². The molecule has 0 bridgehead atoms. The summed E-state index contributed by atoms with van der Waals surface area (Å²) >= 11 is 0. The number of likely N-dealkylation sites (N-methyl/N-ethyl adjacent to an activating group) is 1. The van der Waals surface area contributed by atoms with Gasteiger partial charge < -0.3 is 9.80 Å². The number of nitrogens with zero attached hydrogens (tertiary/aromatic N) is 4. The van der Waals surface area contributed by atoms with Crippen LogP contribution in [0.15, 0.2) is 24.3 Å². The topological polar surface area (TPSA) is 33.5 Å². The fourth-order valence-corrected chi connectivity index (χ4v) is 2.83. The first-order valence-corrected chi connectivity index (χ1v) is 7.56. The molecule has 0 amide bonds. The van der Waals surface area contributed by atoms with Crippen LogP contribution in [-0.2, 0) is 6.42 Å². The quantitative estimate of drug-likeness (QED) is 0.845. The Bertz CT molecular complexity index is 495. The number of benzene rings is 1. The molecule has 4 heteroatoms. The van der Waals surface area contributed by atoms with Crippen LogP contribution in [0.5, 0.6) is 0 Å². The highest BCUT2D eigenvalue weighted by Gasteiger charge is 2.33. The van der Waals surface area contributed by atoms with Gasteiger partial charge in [-0.1, -0.05) is 12.1 Å². The van der Waals surface area contributed by atoms with Gasteiger partial charge >= 0.3 is 0 Å². The molecule has 21 heavy (non-hydrogen) atoms. The number of hydrogen-bond acceptors (Lipinski definition) is 4. The van der Waals surface area contributed by atoms with E-state index in [0.29, 0.717) is 0 Å². The summed E-state index contributed by atoms with van der Waals surface area (Å²) in [4.78, 5) is 6.74. The van der Waals surface area contributed by atoms with Crippen LogP contribution in [0, 0.1) is 11.3 Å². The minimum atomic E-state index is -0.416. The minimum Gasteiger partial charge on any atom is -0.378 e. The molecule has 1 fully saturated rings. The van der Waals surface area contributed by atoms with Crippen molar-refractivity contribution >= 4 is 5.69 Å². The van der Waals surface area contributed by atoms with Gasteiger partial charge in [0.25, 0.3) is 0 Å². The van der Waals surface area contributed by atoms with Gasteiger partial charge in [0.05, 0.1) is 6.07 Å². The summed E-state index contributed by atoms with van der Waals surface area (Å²) < 4.78 is 0. The third-order valence-electron chi connectivity index (χ3n) is 4.44. The lowest BCUT2D eigenvalue weighted by molar-refractivity contribution is 0.0836. The summed E-state index contributed by atoms with van der Waals surface area (Å²) in [7, 11) is 6.22. The molecule has 1 aromatic rings. The molecule has 114 valence electrons. The predicted octanol–water partition coefficient (Wildman–Crippen LogP) is 1.82. The van der Waals surface area contributed by atoms with Crippen molar-refractivity contribution in [1.29, 1.82) is 5.26 Å². The van der Waals surface area contributed by atoms with Crippen LogP contribution in [-0.4, -0.2) is 62.7 Å². The normalized spacial score (nSPS) is 19.8. The molecule has 0 radical (unpaired) electrons.